The van der Waals surface area contributed by atoms with Gasteiger partial charge < -0.3 is 10.2 Å². The molecule has 6 nitrogen and oxygen atoms in total. The van der Waals surface area contributed by atoms with Crippen molar-refractivity contribution in [3.63, 3.8) is 0 Å². The van der Waals surface area contributed by atoms with E-state index in [-0.39, 0.29) is 25.8 Å². The van der Waals surface area contributed by atoms with Gasteiger partial charge in [0, 0.05) is 29.2 Å². The van der Waals surface area contributed by atoms with Gasteiger partial charge in [-0.1, -0.05) is 72.4 Å². The zero-order valence-electron chi connectivity index (χ0n) is 26.2. The third-order valence-electron chi connectivity index (χ3n) is 7.77. The molecule has 0 amide bonds. The second kappa shape index (κ2) is 14.0. The van der Waals surface area contributed by atoms with E-state index in [2.05, 4.69) is 50.6 Å². The van der Waals surface area contributed by atoms with Crippen molar-refractivity contribution < 1.29 is 33.3 Å². The zero-order valence-corrected chi connectivity index (χ0v) is 28.6. The average Bonchev–Trinajstić information content (AvgIpc) is 3.73. The van der Waals surface area contributed by atoms with Gasteiger partial charge in [-0.05, 0) is 35.2 Å². The van der Waals surface area contributed by atoms with Crippen molar-refractivity contribution in [1.29, 1.82) is 0 Å². The van der Waals surface area contributed by atoms with E-state index >= 15 is 0 Å². The molecule has 0 aliphatic carbocycles. The van der Waals surface area contributed by atoms with E-state index < -0.39 is 11.9 Å². The molecule has 10 heteroatoms. The summed E-state index contributed by atoms with van der Waals surface area (Å²) >= 11 is 0. The zero-order chi connectivity index (χ0) is 33.3. The third-order valence-corrected chi connectivity index (χ3v) is 7.77. The average molecular weight is 828 g/mol. The quantitative estimate of drug-likeness (QED) is 0.166. The Morgan fingerprint density at radius 3 is 1.67 bits per heavy atom. The number of nitrogens with zero attached hydrogens (tertiary/aromatic N) is 6. The molecule has 0 aliphatic rings. The first-order valence-corrected chi connectivity index (χ1v) is 15.1. The van der Waals surface area contributed by atoms with E-state index in [9.17, 15) is 13.2 Å². The molecule has 49 heavy (non-hydrogen) atoms. The number of aryl methyl sites for hydroxylation is 2. The molecule has 0 saturated heterocycles. The maximum atomic E-state index is 13.1. The molecule has 8 rings (SSSR count). The van der Waals surface area contributed by atoms with Crippen LogP contribution in [0, 0.1) is 19.1 Å². The van der Waals surface area contributed by atoms with Crippen LogP contribution in [0.5, 0.6) is 0 Å². The van der Waals surface area contributed by atoms with Gasteiger partial charge >= 0.3 is 26.3 Å². The van der Waals surface area contributed by atoms with Crippen molar-refractivity contribution in [3.8, 4) is 45.3 Å². The van der Waals surface area contributed by atoms with Crippen LogP contribution in [-0.4, -0.2) is 24.8 Å². The van der Waals surface area contributed by atoms with E-state index in [1.165, 1.54) is 7.05 Å². The number of fused-ring (bicyclic) bond motifs is 2. The molecule has 4 aromatic heterocycles. The third kappa shape index (κ3) is 7.06. The number of hydrogen-bond donors (Lipinski definition) is 0. The minimum Gasteiger partial charge on any atom is -0.574 e. The van der Waals surface area contributed by atoms with Gasteiger partial charge in [-0.25, -0.2) is 0 Å². The Kier molecular flexibility index (Phi) is 9.53. The molecule has 4 aromatic carbocycles. The predicted octanol–water partition coefficient (Wildman–Crippen LogP) is 9.15. The molecule has 0 bridgehead atoms. The van der Waals surface area contributed by atoms with Crippen LogP contribution >= 0.6 is 0 Å². The number of alkyl halides is 3. The first-order chi connectivity index (χ1) is 23.2. The standard InChI is InChI=1S/C20H13F3N3.C19H13N3.Ir/c1-26-18(20(21,22)23)12-17(25-26)19-15-10-6-5-9-14(15)11-16(24-19)13-7-3-2-4-8-13;1-13-11-18(22-21-13)19-16-10-6-5-9-15(16)12-17(20-19)14-7-3-2-4-8-14;/h2-7,9-12H,1H3;2-7,9-12H,1H3;/q-1;-2;+3. The molecule has 0 spiro atoms. The number of pyridine rings is 2. The number of aromatic nitrogens is 6. The Balaban J connectivity index is 0.000000169. The summed E-state index contributed by atoms with van der Waals surface area (Å²) in [4.78, 5) is 9.42. The summed E-state index contributed by atoms with van der Waals surface area (Å²) in [5.74, 6) is 0. The van der Waals surface area contributed by atoms with Crippen LogP contribution < -0.4 is 5.10 Å². The van der Waals surface area contributed by atoms with Gasteiger partial charge in [-0.15, -0.1) is 71.8 Å². The number of halogens is 3. The maximum Gasteiger partial charge on any atom is 3.00 e. The van der Waals surface area contributed by atoms with Gasteiger partial charge in [-0.2, -0.15) is 18.3 Å². The summed E-state index contributed by atoms with van der Waals surface area (Å²) in [6.07, 6.45) is -4.47. The van der Waals surface area contributed by atoms with Gasteiger partial charge in [0.15, 0.2) is 0 Å². The van der Waals surface area contributed by atoms with Crippen molar-refractivity contribution in [1.82, 2.24) is 29.9 Å². The van der Waals surface area contributed by atoms with E-state index in [1.54, 1.807) is 6.07 Å². The SMILES string of the molecule is Cc1cc(-c2nc(-c3[c-]cccc3)cc3ccccc23)[n-]n1.Cn1nc(-c2nc(-c3[c-]cccc3)cc3ccccc23)cc1C(F)(F)F.[Ir+3]. The summed E-state index contributed by atoms with van der Waals surface area (Å²) in [5.41, 5.74) is 5.66. The normalized spacial score (nSPS) is 11.2. The first-order valence-electron chi connectivity index (χ1n) is 15.1. The van der Waals surface area contributed by atoms with Gasteiger partial charge in [0.05, 0.1) is 5.69 Å². The molecule has 0 aliphatic heterocycles. The second-order valence-electron chi connectivity index (χ2n) is 11.1. The van der Waals surface area contributed by atoms with E-state index in [0.29, 0.717) is 11.4 Å². The van der Waals surface area contributed by atoms with Crippen molar-refractivity contribution in [2.45, 2.75) is 13.1 Å². The molecular weight excluding hydrogens is 802 g/mol. The van der Waals surface area contributed by atoms with Crippen LogP contribution in [0.1, 0.15) is 11.4 Å². The van der Waals surface area contributed by atoms with Crippen LogP contribution in [0.3, 0.4) is 0 Å². The molecule has 0 N–H and O–H groups in total. The Morgan fingerprint density at radius 1 is 0.653 bits per heavy atom. The summed E-state index contributed by atoms with van der Waals surface area (Å²) in [7, 11) is 1.28. The maximum absolute atomic E-state index is 13.1. The van der Waals surface area contributed by atoms with Crippen LogP contribution in [0.15, 0.2) is 121 Å². The van der Waals surface area contributed by atoms with Crippen LogP contribution in [0.25, 0.3) is 66.8 Å². The van der Waals surface area contributed by atoms with Crippen molar-refractivity contribution in [3.05, 3.63) is 145 Å². The monoisotopic (exact) mass is 828 g/mol. The Bertz CT molecular complexity index is 2370. The fraction of sp³-hybridized carbons (Fsp3) is 0.0769. The first kappa shape index (κ1) is 33.5. The van der Waals surface area contributed by atoms with Gasteiger partial charge in [-0.3, -0.25) is 14.6 Å². The smallest absolute Gasteiger partial charge is 0.574 e. The fourth-order valence-corrected chi connectivity index (χ4v) is 5.52. The van der Waals surface area contributed by atoms with E-state index in [1.807, 2.05) is 97.9 Å². The second-order valence-corrected chi connectivity index (χ2v) is 11.1. The summed E-state index contributed by atoms with van der Waals surface area (Å²) in [6, 6.07) is 44.2. The van der Waals surface area contributed by atoms with Gasteiger partial charge in [0.1, 0.15) is 11.4 Å². The summed E-state index contributed by atoms with van der Waals surface area (Å²) < 4.78 is 40.3. The Labute approximate surface area is 294 Å². The van der Waals surface area contributed by atoms with Gasteiger partial charge in [0.2, 0.25) is 0 Å². The molecule has 0 radical (unpaired) electrons. The number of hydrogen-bond acceptors (Lipinski definition) is 4. The molecule has 0 unspecified atom stereocenters. The Morgan fingerprint density at radius 2 is 1.18 bits per heavy atom. The van der Waals surface area contributed by atoms with Crippen LogP contribution in [0.4, 0.5) is 13.2 Å². The number of benzene rings is 4. The summed E-state index contributed by atoms with van der Waals surface area (Å²) in [5, 5.41) is 16.3. The predicted molar refractivity (Wildman–Crippen MR) is 181 cm³/mol. The number of rotatable bonds is 4. The fourth-order valence-electron chi connectivity index (χ4n) is 5.52. The van der Waals surface area contributed by atoms with E-state index in [0.717, 1.165) is 66.2 Å². The largest absolute Gasteiger partial charge is 3.00 e. The molecule has 0 atom stereocenters. The molecule has 242 valence electrons. The van der Waals surface area contributed by atoms with Crippen molar-refractivity contribution >= 4 is 21.5 Å². The molecular formula is C39H26F3IrN6. The minimum absolute atomic E-state index is 0. The molecule has 0 fully saturated rings. The van der Waals surface area contributed by atoms with E-state index in [4.69, 9.17) is 4.98 Å². The Hall–Kier alpha value is -5.44. The summed E-state index contributed by atoms with van der Waals surface area (Å²) in [6.45, 7) is 1.94. The van der Waals surface area contributed by atoms with Crippen LogP contribution in [-0.2, 0) is 33.3 Å². The minimum atomic E-state index is -4.47. The topological polar surface area (TPSA) is 70.6 Å². The van der Waals surface area contributed by atoms with Crippen molar-refractivity contribution in [2.75, 3.05) is 0 Å². The van der Waals surface area contributed by atoms with Gasteiger partial charge in [0.25, 0.3) is 0 Å². The molecule has 4 heterocycles. The molecule has 8 aromatic rings. The van der Waals surface area contributed by atoms with Crippen LogP contribution in [0.2, 0.25) is 0 Å². The molecule has 0 saturated carbocycles. The van der Waals surface area contributed by atoms with Crippen molar-refractivity contribution in [2.24, 2.45) is 7.05 Å².